The van der Waals surface area contributed by atoms with Gasteiger partial charge in [-0.15, -0.1) is 0 Å². The van der Waals surface area contributed by atoms with E-state index >= 15 is 0 Å². The lowest BCUT2D eigenvalue weighted by molar-refractivity contribution is 0.0950. The molecule has 0 atom stereocenters. The van der Waals surface area contributed by atoms with Crippen LogP contribution in [0.15, 0.2) is 60.7 Å². The Bertz CT molecular complexity index is 932. The first-order chi connectivity index (χ1) is 13.0. The molecule has 3 aromatic rings. The standard InChI is InChI=1S/C22H24FN3O/c1-16-18(22(27)24-13-14-25(2)3)15-21(17-9-5-4-6-10-17)26(16)20-12-8-7-11-19(20)23/h4-12,15H,13-14H2,1-3H3,(H,24,27). The molecule has 5 heteroatoms. The predicted molar refractivity (Wildman–Crippen MR) is 107 cm³/mol. The summed E-state index contributed by atoms with van der Waals surface area (Å²) in [5, 5.41) is 2.94. The number of benzene rings is 2. The van der Waals surface area contributed by atoms with E-state index in [2.05, 4.69) is 5.32 Å². The van der Waals surface area contributed by atoms with Crippen molar-refractivity contribution in [2.75, 3.05) is 27.2 Å². The predicted octanol–water partition coefficient (Wildman–Crippen LogP) is 3.88. The van der Waals surface area contributed by atoms with Crippen LogP contribution in [0.3, 0.4) is 0 Å². The first-order valence-electron chi connectivity index (χ1n) is 8.94. The Kier molecular flexibility index (Phi) is 5.72. The van der Waals surface area contributed by atoms with E-state index in [1.54, 1.807) is 18.2 Å². The molecule has 4 nitrogen and oxygen atoms in total. The summed E-state index contributed by atoms with van der Waals surface area (Å²) in [6.07, 6.45) is 0. The second kappa shape index (κ2) is 8.18. The third-order valence-corrected chi connectivity index (χ3v) is 4.50. The number of carbonyl (C=O) groups excluding carboxylic acids is 1. The van der Waals surface area contributed by atoms with E-state index in [0.717, 1.165) is 17.8 Å². The van der Waals surface area contributed by atoms with Crippen molar-refractivity contribution >= 4 is 5.91 Å². The third kappa shape index (κ3) is 4.09. The Labute approximate surface area is 159 Å². The van der Waals surface area contributed by atoms with Crippen molar-refractivity contribution in [3.05, 3.63) is 77.7 Å². The number of carbonyl (C=O) groups is 1. The Morgan fingerprint density at radius 2 is 1.74 bits per heavy atom. The zero-order valence-corrected chi connectivity index (χ0v) is 15.9. The number of hydrogen-bond donors (Lipinski definition) is 1. The summed E-state index contributed by atoms with van der Waals surface area (Å²) in [5.41, 5.74) is 3.41. The summed E-state index contributed by atoms with van der Waals surface area (Å²) in [7, 11) is 3.92. The molecule has 0 fully saturated rings. The average molecular weight is 365 g/mol. The van der Waals surface area contributed by atoms with E-state index in [1.165, 1.54) is 6.07 Å². The van der Waals surface area contributed by atoms with Gasteiger partial charge in [0.1, 0.15) is 5.82 Å². The quantitative estimate of drug-likeness (QED) is 0.720. The van der Waals surface area contributed by atoms with Crippen LogP contribution >= 0.6 is 0 Å². The lowest BCUT2D eigenvalue weighted by Gasteiger charge is -2.13. The van der Waals surface area contributed by atoms with Gasteiger partial charge in [0.05, 0.1) is 16.9 Å². The van der Waals surface area contributed by atoms with E-state index in [9.17, 15) is 9.18 Å². The molecule has 0 aliphatic heterocycles. The zero-order valence-electron chi connectivity index (χ0n) is 15.9. The maximum atomic E-state index is 14.5. The largest absolute Gasteiger partial charge is 0.351 e. The average Bonchev–Trinajstić information content (AvgIpc) is 3.00. The molecule has 1 heterocycles. The molecule has 3 rings (SSSR count). The van der Waals surface area contributed by atoms with Crippen LogP contribution in [0.1, 0.15) is 16.1 Å². The molecule has 0 bridgehead atoms. The molecule has 140 valence electrons. The SMILES string of the molecule is Cc1c(C(=O)NCCN(C)C)cc(-c2ccccc2)n1-c1ccccc1F. The highest BCUT2D eigenvalue weighted by atomic mass is 19.1. The Hall–Kier alpha value is -2.92. The molecule has 1 aromatic heterocycles. The summed E-state index contributed by atoms with van der Waals surface area (Å²) < 4.78 is 16.3. The molecule has 2 aromatic carbocycles. The maximum Gasteiger partial charge on any atom is 0.253 e. The number of halogens is 1. The van der Waals surface area contributed by atoms with Gasteiger partial charge in [0.15, 0.2) is 0 Å². The zero-order chi connectivity index (χ0) is 19.4. The van der Waals surface area contributed by atoms with Gasteiger partial charge in [-0.1, -0.05) is 42.5 Å². The van der Waals surface area contributed by atoms with Gasteiger partial charge in [0.25, 0.3) is 5.91 Å². The minimum absolute atomic E-state index is 0.151. The van der Waals surface area contributed by atoms with Crippen LogP contribution in [0.2, 0.25) is 0 Å². The molecule has 0 aliphatic carbocycles. The molecule has 0 radical (unpaired) electrons. The van der Waals surface area contributed by atoms with Crippen molar-refractivity contribution < 1.29 is 9.18 Å². The highest BCUT2D eigenvalue weighted by molar-refractivity contribution is 5.97. The smallest absolute Gasteiger partial charge is 0.253 e. The molecule has 0 saturated carbocycles. The van der Waals surface area contributed by atoms with Crippen LogP contribution in [0.5, 0.6) is 0 Å². The van der Waals surface area contributed by atoms with Crippen molar-refractivity contribution in [1.29, 1.82) is 0 Å². The first kappa shape index (κ1) is 18.9. The number of amides is 1. The fraction of sp³-hybridized carbons (Fsp3) is 0.227. The van der Waals surface area contributed by atoms with Gasteiger partial charge < -0.3 is 14.8 Å². The van der Waals surface area contributed by atoms with Gasteiger partial charge in [-0.05, 0) is 44.8 Å². The lowest BCUT2D eigenvalue weighted by Crippen LogP contribution is -2.31. The molecule has 27 heavy (non-hydrogen) atoms. The Morgan fingerprint density at radius 3 is 2.41 bits per heavy atom. The number of para-hydroxylation sites is 1. The van der Waals surface area contributed by atoms with Crippen molar-refractivity contribution in [2.24, 2.45) is 0 Å². The number of rotatable bonds is 6. The fourth-order valence-electron chi connectivity index (χ4n) is 3.09. The Morgan fingerprint density at radius 1 is 1.07 bits per heavy atom. The van der Waals surface area contributed by atoms with Gasteiger partial charge in [0, 0.05) is 18.8 Å². The molecule has 0 saturated heterocycles. The van der Waals surface area contributed by atoms with Crippen LogP contribution in [-0.4, -0.2) is 42.6 Å². The van der Waals surface area contributed by atoms with Crippen molar-refractivity contribution in [3.63, 3.8) is 0 Å². The second-order valence-corrected chi connectivity index (χ2v) is 6.74. The summed E-state index contributed by atoms with van der Waals surface area (Å²) in [6, 6.07) is 18.2. The highest BCUT2D eigenvalue weighted by Gasteiger charge is 2.20. The molecule has 0 spiro atoms. The van der Waals surface area contributed by atoms with Crippen LogP contribution < -0.4 is 5.32 Å². The van der Waals surface area contributed by atoms with Crippen LogP contribution in [0.25, 0.3) is 16.9 Å². The topological polar surface area (TPSA) is 37.3 Å². The number of hydrogen-bond acceptors (Lipinski definition) is 2. The first-order valence-corrected chi connectivity index (χ1v) is 8.94. The number of aromatic nitrogens is 1. The third-order valence-electron chi connectivity index (χ3n) is 4.50. The number of likely N-dealkylation sites (N-methyl/N-ethyl adjacent to an activating group) is 1. The van der Waals surface area contributed by atoms with Crippen molar-refractivity contribution in [3.8, 4) is 16.9 Å². The monoisotopic (exact) mass is 365 g/mol. The minimum Gasteiger partial charge on any atom is -0.351 e. The van der Waals surface area contributed by atoms with E-state index in [4.69, 9.17) is 0 Å². The van der Waals surface area contributed by atoms with Gasteiger partial charge >= 0.3 is 0 Å². The molecular weight excluding hydrogens is 341 g/mol. The van der Waals surface area contributed by atoms with Crippen LogP contribution in [0, 0.1) is 12.7 Å². The molecule has 0 aliphatic rings. The second-order valence-electron chi connectivity index (χ2n) is 6.74. The van der Waals surface area contributed by atoms with Crippen molar-refractivity contribution in [1.82, 2.24) is 14.8 Å². The van der Waals surface area contributed by atoms with Gasteiger partial charge in [-0.3, -0.25) is 4.79 Å². The molecule has 1 amide bonds. The van der Waals surface area contributed by atoms with E-state index < -0.39 is 0 Å². The summed E-state index contributed by atoms with van der Waals surface area (Å²) in [4.78, 5) is 14.7. The maximum absolute atomic E-state index is 14.5. The summed E-state index contributed by atoms with van der Waals surface area (Å²) in [6.45, 7) is 3.15. The van der Waals surface area contributed by atoms with Gasteiger partial charge in [0.2, 0.25) is 0 Å². The molecule has 1 N–H and O–H groups in total. The minimum atomic E-state index is -0.326. The lowest BCUT2D eigenvalue weighted by atomic mass is 10.1. The highest BCUT2D eigenvalue weighted by Crippen LogP contribution is 2.30. The van der Waals surface area contributed by atoms with Crippen LogP contribution in [0.4, 0.5) is 4.39 Å². The number of nitrogens with zero attached hydrogens (tertiary/aromatic N) is 2. The molecule has 0 unspecified atom stereocenters. The van der Waals surface area contributed by atoms with E-state index in [1.807, 2.05) is 66.9 Å². The normalized spacial score (nSPS) is 11.0. The Balaban J connectivity index is 2.07. The molecular formula is C22H24FN3O. The number of nitrogens with one attached hydrogen (secondary N) is 1. The van der Waals surface area contributed by atoms with Crippen molar-refractivity contribution in [2.45, 2.75) is 6.92 Å². The fourth-order valence-corrected chi connectivity index (χ4v) is 3.09. The van der Waals surface area contributed by atoms with Gasteiger partial charge in [-0.25, -0.2) is 4.39 Å². The van der Waals surface area contributed by atoms with E-state index in [0.29, 0.717) is 23.5 Å². The van der Waals surface area contributed by atoms with Gasteiger partial charge in [-0.2, -0.15) is 0 Å². The summed E-state index contributed by atoms with van der Waals surface area (Å²) in [5.74, 6) is -0.477. The van der Waals surface area contributed by atoms with E-state index in [-0.39, 0.29) is 11.7 Å². The van der Waals surface area contributed by atoms with Crippen LogP contribution in [-0.2, 0) is 0 Å². The summed E-state index contributed by atoms with van der Waals surface area (Å²) >= 11 is 0.